The number of allylic oxidation sites excluding steroid dienone is 1. The second kappa shape index (κ2) is 8.08. The topological polar surface area (TPSA) is 92.0 Å². The van der Waals surface area contributed by atoms with Crippen molar-refractivity contribution in [1.29, 1.82) is 0 Å². The number of carboxylic acid groups (broad SMARTS) is 1. The number of carbonyl (C=O) groups is 1. The molecule has 2 aromatic carbocycles. The van der Waals surface area contributed by atoms with Crippen molar-refractivity contribution in [3.63, 3.8) is 0 Å². The Balaban J connectivity index is 0.000000370. The van der Waals surface area contributed by atoms with Crippen molar-refractivity contribution >= 4 is 22.4 Å². The zero-order valence-electron chi connectivity index (χ0n) is 16.3. The maximum atomic E-state index is 10.6. The third-order valence-corrected chi connectivity index (χ3v) is 4.17. The van der Waals surface area contributed by atoms with E-state index in [-0.39, 0.29) is 5.54 Å². The number of rotatable bonds is 3. The van der Waals surface area contributed by atoms with Gasteiger partial charge in [0.2, 0.25) is 0 Å². The van der Waals surface area contributed by atoms with Crippen LogP contribution in [0.3, 0.4) is 0 Å². The Bertz CT molecular complexity index is 1030. The lowest BCUT2D eigenvalue weighted by molar-refractivity contribution is -0.192. The Morgan fingerprint density at radius 1 is 1.10 bits per heavy atom. The van der Waals surface area contributed by atoms with E-state index >= 15 is 0 Å². The minimum atomic E-state index is -5.08. The van der Waals surface area contributed by atoms with Crippen molar-refractivity contribution in [2.24, 2.45) is 5.73 Å². The van der Waals surface area contributed by atoms with Gasteiger partial charge < -0.3 is 10.8 Å². The molecule has 5 nitrogen and oxygen atoms in total. The normalized spacial score (nSPS) is 11.7. The van der Waals surface area contributed by atoms with Crippen molar-refractivity contribution in [3.05, 3.63) is 60.3 Å². The second-order valence-corrected chi connectivity index (χ2v) is 7.21. The van der Waals surface area contributed by atoms with Crippen LogP contribution < -0.4 is 5.73 Å². The van der Waals surface area contributed by atoms with E-state index < -0.39 is 12.1 Å². The van der Waals surface area contributed by atoms with E-state index in [1.54, 1.807) is 0 Å². The lowest BCUT2D eigenvalue weighted by Gasteiger charge is -2.19. The number of aromatic amines is 1. The standard InChI is InChI=1S/C19H21N3.C2HF3O2/c1-12(2)18-16-11-14(7-10-17(16)21-22-18)13-5-8-15(9-6-13)19(3,4)20;3-2(4,5)1(6)7/h5-11H,1,20H2,2-4H3,(H,21,22);(H,6,7). The van der Waals surface area contributed by atoms with Crippen LogP contribution in [-0.2, 0) is 10.3 Å². The van der Waals surface area contributed by atoms with Gasteiger partial charge in [-0.15, -0.1) is 0 Å². The number of alkyl halides is 3. The molecule has 4 N–H and O–H groups in total. The van der Waals surface area contributed by atoms with Crippen molar-refractivity contribution in [2.45, 2.75) is 32.5 Å². The van der Waals surface area contributed by atoms with Crippen LogP contribution in [0.1, 0.15) is 32.0 Å². The second-order valence-electron chi connectivity index (χ2n) is 7.21. The predicted octanol–water partition coefficient (Wildman–Crippen LogP) is 5.09. The highest BCUT2D eigenvalue weighted by Gasteiger charge is 2.38. The fourth-order valence-electron chi connectivity index (χ4n) is 2.61. The maximum Gasteiger partial charge on any atom is 0.490 e. The van der Waals surface area contributed by atoms with Crippen molar-refractivity contribution < 1.29 is 23.1 Å². The first kappa shape index (κ1) is 22.2. The molecule has 3 rings (SSSR count). The Labute approximate surface area is 166 Å². The summed E-state index contributed by atoms with van der Waals surface area (Å²) < 4.78 is 31.7. The van der Waals surface area contributed by atoms with Gasteiger partial charge in [0.25, 0.3) is 0 Å². The number of hydrogen-bond acceptors (Lipinski definition) is 3. The van der Waals surface area contributed by atoms with Crippen molar-refractivity contribution in [1.82, 2.24) is 10.2 Å². The van der Waals surface area contributed by atoms with Gasteiger partial charge >= 0.3 is 12.1 Å². The number of halogens is 3. The monoisotopic (exact) mass is 405 g/mol. The number of hydrogen-bond donors (Lipinski definition) is 3. The molecule has 1 heterocycles. The third-order valence-electron chi connectivity index (χ3n) is 4.17. The SMILES string of the molecule is C=C(C)c1n[nH]c2ccc(-c3ccc(C(C)(C)N)cc3)cc12.O=C(O)C(F)(F)F. The highest BCUT2D eigenvalue weighted by Crippen LogP contribution is 2.29. The van der Waals surface area contributed by atoms with E-state index in [4.69, 9.17) is 15.6 Å². The quantitative estimate of drug-likeness (QED) is 0.566. The number of aromatic nitrogens is 2. The minimum absolute atomic E-state index is 0.319. The Morgan fingerprint density at radius 3 is 2.07 bits per heavy atom. The van der Waals surface area contributed by atoms with Gasteiger partial charge in [-0.25, -0.2) is 4.79 Å². The predicted molar refractivity (Wildman–Crippen MR) is 107 cm³/mol. The lowest BCUT2D eigenvalue weighted by atomic mass is 9.93. The summed E-state index contributed by atoms with van der Waals surface area (Å²) in [6.45, 7) is 9.99. The van der Waals surface area contributed by atoms with E-state index in [9.17, 15) is 13.2 Å². The number of carboxylic acids is 1. The van der Waals surface area contributed by atoms with Crippen LogP contribution in [0.15, 0.2) is 49.0 Å². The van der Waals surface area contributed by atoms with Crippen LogP contribution in [0.5, 0.6) is 0 Å². The van der Waals surface area contributed by atoms with Crippen LogP contribution in [-0.4, -0.2) is 27.4 Å². The lowest BCUT2D eigenvalue weighted by Crippen LogP contribution is -2.28. The number of H-pyrrole nitrogens is 1. The van der Waals surface area contributed by atoms with Gasteiger partial charge in [0.1, 0.15) is 0 Å². The Morgan fingerprint density at radius 2 is 1.62 bits per heavy atom. The van der Waals surface area contributed by atoms with Crippen LogP contribution in [0.4, 0.5) is 13.2 Å². The molecule has 8 heteroatoms. The van der Waals surface area contributed by atoms with Crippen LogP contribution >= 0.6 is 0 Å². The summed E-state index contributed by atoms with van der Waals surface area (Å²) in [5, 5.41) is 15.6. The molecule has 154 valence electrons. The summed E-state index contributed by atoms with van der Waals surface area (Å²) >= 11 is 0. The molecule has 0 bridgehead atoms. The summed E-state index contributed by atoms with van der Waals surface area (Å²) in [7, 11) is 0. The molecule has 0 aliphatic rings. The summed E-state index contributed by atoms with van der Waals surface area (Å²) in [6, 6.07) is 14.7. The summed E-state index contributed by atoms with van der Waals surface area (Å²) in [4.78, 5) is 8.90. The molecule has 0 saturated heterocycles. The van der Waals surface area contributed by atoms with Gasteiger partial charge in [-0.2, -0.15) is 18.3 Å². The van der Waals surface area contributed by atoms with E-state index in [1.165, 1.54) is 5.56 Å². The average molecular weight is 405 g/mol. The first-order valence-electron chi connectivity index (χ1n) is 8.64. The summed E-state index contributed by atoms with van der Waals surface area (Å²) in [5.74, 6) is -2.76. The van der Waals surface area contributed by atoms with Gasteiger partial charge in [0.05, 0.1) is 11.2 Å². The molecular formula is C21H22F3N3O2. The fourth-order valence-corrected chi connectivity index (χ4v) is 2.61. The molecule has 0 radical (unpaired) electrons. The third kappa shape index (κ3) is 5.45. The first-order chi connectivity index (χ1) is 13.3. The largest absolute Gasteiger partial charge is 0.490 e. The number of nitrogens with one attached hydrogen (secondary N) is 1. The van der Waals surface area contributed by atoms with Gasteiger partial charge in [0.15, 0.2) is 0 Å². The molecule has 0 atom stereocenters. The average Bonchev–Trinajstić information content (AvgIpc) is 3.04. The van der Waals surface area contributed by atoms with Crippen molar-refractivity contribution in [2.75, 3.05) is 0 Å². The maximum absolute atomic E-state index is 10.6. The van der Waals surface area contributed by atoms with Gasteiger partial charge in [-0.1, -0.05) is 36.9 Å². The molecule has 0 fully saturated rings. The molecular weight excluding hydrogens is 383 g/mol. The molecule has 0 unspecified atom stereocenters. The Hall–Kier alpha value is -3.13. The Kier molecular flexibility index (Phi) is 6.18. The zero-order chi connectivity index (χ0) is 22.0. The number of nitrogens with two attached hydrogens (primary N) is 1. The molecule has 0 aliphatic heterocycles. The molecule has 0 saturated carbocycles. The van der Waals surface area contributed by atoms with Gasteiger partial charge in [-0.05, 0) is 55.2 Å². The smallest absolute Gasteiger partial charge is 0.475 e. The van der Waals surface area contributed by atoms with E-state index in [2.05, 4.69) is 59.2 Å². The fraction of sp³-hybridized carbons (Fsp3) is 0.238. The molecule has 29 heavy (non-hydrogen) atoms. The number of benzene rings is 2. The van der Waals surface area contributed by atoms with E-state index in [1.807, 2.05) is 20.8 Å². The highest BCUT2D eigenvalue weighted by atomic mass is 19.4. The van der Waals surface area contributed by atoms with Crippen LogP contribution in [0.2, 0.25) is 0 Å². The zero-order valence-corrected chi connectivity index (χ0v) is 16.3. The molecule has 0 spiro atoms. The molecule has 0 amide bonds. The number of nitrogens with zero attached hydrogens (tertiary/aromatic N) is 1. The van der Waals surface area contributed by atoms with Gasteiger partial charge in [0, 0.05) is 10.9 Å². The number of fused-ring (bicyclic) bond motifs is 1. The van der Waals surface area contributed by atoms with E-state index in [0.717, 1.165) is 33.3 Å². The van der Waals surface area contributed by atoms with Gasteiger partial charge in [-0.3, -0.25) is 5.10 Å². The number of aliphatic carboxylic acids is 1. The minimum Gasteiger partial charge on any atom is -0.475 e. The molecule has 3 aromatic rings. The van der Waals surface area contributed by atoms with E-state index in [0.29, 0.717) is 0 Å². The summed E-state index contributed by atoms with van der Waals surface area (Å²) in [6.07, 6.45) is -5.08. The van der Waals surface area contributed by atoms with Crippen LogP contribution in [0, 0.1) is 0 Å². The highest BCUT2D eigenvalue weighted by molar-refractivity contribution is 5.92. The first-order valence-corrected chi connectivity index (χ1v) is 8.64. The molecule has 1 aromatic heterocycles. The summed E-state index contributed by atoms with van der Waals surface area (Å²) in [5.41, 5.74) is 12.2. The van der Waals surface area contributed by atoms with Crippen molar-refractivity contribution in [3.8, 4) is 11.1 Å². The van der Waals surface area contributed by atoms with Crippen LogP contribution in [0.25, 0.3) is 27.6 Å². The molecule has 0 aliphatic carbocycles.